The fraction of sp³-hybridized carbons (Fsp3) is 0.611. The molecule has 1 fully saturated rings. The van der Waals surface area contributed by atoms with Crippen molar-refractivity contribution in [3.05, 3.63) is 29.8 Å². The van der Waals surface area contributed by atoms with Gasteiger partial charge in [0.05, 0.1) is 7.11 Å². The number of hydrogen-bond acceptors (Lipinski definition) is 3. The molecule has 1 atom stereocenters. The standard InChI is InChI=1S/C18H28N2O2.ClH/c1-18(2,15-5-7-16(22-3)8-6-15)13-20-17(21)9-4-14-10-11-19-12-14;/h5-8,14,19H,4,9-13H2,1-3H3,(H,20,21);1H. The molecule has 130 valence electrons. The first kappa shape index (κ1) is 19.8. The summed E-state index contributed by atoms with van der Waals surface area (Å²) in [6, 6.07) is 8.06. The molecule has 0 spiro atoms. The van der Waals surface area contributed by atoms with Gasteiger partial charge >= 0.3 is 0 Å². The highest BCUT2D eigenvalue weighted by Crippen LogP contribution is 2.24. The molecule has 1 amide bonds. The lowest BCUT2D eigenvalue weighted by Crippen LogP contribution is -2.36. The van der Waals surface area contributed by atoms with E-state index in [4.69, 9.17) is 4.74 Å². The van der Waals surface area contributed by atoms with Gasteiger partial charge in [-0.25, -0.2) is 0 Å². The van der Waals surface area contributed by atoms with E-state index in [0.29, 0.717) is 18.9 Å². The third kappa shape index (κ3) is 6.04. The number of ether oxygens (including phenoxy) is 1. The van der Waals surface area contributed by atoms with Crippen LogP contribution >= 0.6 is 12.4 Å². The van der Waals surface area contributed by atoms with Crippen molar-refractivity contribution in [1.82, 2.24) is 10.6 Å². The number of carbonyl (C=O) groups is 1. The Balaban J connectivity index is 0.00000264. The molecule has 0 saturated carbocycles. The zero-order valence-corrected chi connectivity index (χ0v) is 15.2. The maximum absolute atomic E-state index is 12.0. The molecular weight excluding hydrogens is 312 g/mol. The largest absolute Gasteiger partial charge is 0.497 e. The highest BCUT2D eigenvalue weighted by atomic mass is 35.5. The fourth-order valence-corrected chi connectivity index (χ4v) is 2.85. The lowest BCUT2D eigenvalue weighted by molar-refractivity contribution is -0.121. The fourth-order valence-electron chi connectivity index (χ4n) is 2.85. The van der Waals surface area contributed by atoms with Gasteiger partial charge < -0.3 is 15.4 Å². The van der Waals surface area contributed by atoms with Crippen LogP contribution in [0.1, 0.15) is 38.7 Å². The number of halogens is 1. The van der Waals surface area contributed by atoms with E-state index in [1.807, 2.05) is 12.1 Å². The van der Waals surface area contributed by atoms with Crippen molar-refractivity contribution in [3.8, 4) is 5.75 Å². The molecule has 0 aromatic heterocycles. The molecule has 1 aromatic rings. The van der Waals surface area contributed by atoms with Crippen molar-refractivity contribution < 1.29 is 9.53 Å². The van der Waals surface area contributed by atoms with Crippen LogP contribution in [-0.4, -0.2) is 32.7 Å². The summed E-state index contributed by atoms with van der Waals surface area (Å²) in [4.78, 5) is 12.0. The predicted molar refractivity (Wildman–Crippen MR) is 96.5 cm³/mol. The van der Waals surface area contributed by atoms with Crippen molar-refractivity contribution in [2.75, 3.05) is 26.7 Å². The van der Waals surface area contributed by atoms with Gasteiger partial charge in [-0.05, 0) is 49.5 Å². The molecular formula is C18H29ClN2O2. The molecule has 1 aliphatic heterocycles. The molecule has 23 heavy (non-hydrogen) atoms. The van der Waals surface area contributed by atoms with Crippen LogP contribution in [0.4, 0.5) is 0 Å². The average molecular weight is 341 g/mol. The molecule has 2 rings (SSSR count). The van der Waals surface area contributed by atoms with Crippen LogP contribution in [-0.2, 0) is 10.2 Å². The smallest absolute Gasteiger partial charge is 0.220 e. The van der Waals surface area contributed by atoms with Gasteiger partial charge in [-0.2, -0.15) is 0 Å². The van der Waals surface area contributed by atoms with Gasteiger partial charge in [0.25, 0.3) is 0 Å². The predicted octanol–water partition coefficient (Wildman–Crippen LogP) is 2.90. The SMILES string of the molecule is COc1ccc(C(C)(C)CNC(=O)CCC2CCNC2)cc1.Cl. The third-order valence-electron chi connectivity index (χ3n) is 4.54. The molecule has 0 bridgehead atoms. The molecule has 0 aliphatic carbocycles. The number of nitrogens with one attached hydrogen (secondary N) is 2. The van der Waals surface area contributed by atoms with Crippen LogP contribution in [0.25, 0.3) is 0 Å². The van der Waals surface area contributed by atoms with Crippen LogP contribution in [0.2, 0.25) is 0 Å². The number of hydrogen-bond donors (Lipinski definition) is 2. The first-order valence-corrected chi connectivity index (χ1v) is 8.13. The molecule has 1 aromatic carbocycles. The zero-order valence-electron chi connectivity index (χ0n) is 14.4. The van der Waals surface area contributed by atoms with E-state index in [9.17, 15) is 4.79 Å². The quantitative estimate of drug-likeness (QED) is 0.802. The monoisotopic (exact) mass is 340 g/mol. The minimum Gasteiger partial charge on any atom is -0.497 e. The van der Waals surface area contributed by atoms with Crippen LogP contribution < -0.4 is 15.4 Å². The molecule has 1 aliphatic rings. The Bertz CT molecular complexity index is 482. The van der Waals surface area contributed by atoms with E-state index >= 15 is 0 Å². The van der Waals surface area contributed by atoms with Gasteiger partial charge in [0, 0.05) is 18.4 Å². The van der Waals surface area contributed by atoms with Crippen LogP contribution in [0.15, 0.2) is 24.3 Å². The Morgan fingerprint density at radius 1 is 1.35 bits per heavy atom. The van der Waals surface area contributed by atoms with E-state index in [-0.39, 0.29) is 23.7 Å². The van der Waals surface area contributed by atoms with Gasteiger partial charge in [0.2, 0.25) is 5.91 Å². The van der Waals surface area contributed by atoms with Crippen molar-refractivity contribution in [2.24, 2.45) is 5.92 Å². The number of methoxy groups -OCH3 is 1. The first-order valence-electron chi connectivity index (χ1n) is 8.13. The molecule has 4 nitrogen and oxygen atoms in total. The van der Waals surface area contributed by atoms with Crippen LogP contribution in [0.3, 0.4) is 0 Å². The molecule has 1 unspecified atom stereocenters. The summed E-state index contributed by atoms with van der Waals surface area (Å²) in [5.41, 5.74) is 1.12. The number of rotatable bonds is 7. The minimum absolute atomic E-state index is 0. The van der Waals surface area contributed by atoms with Crippen molar-refractivity contribution in [1.29, 1.82) is 0 Å². The second-order valence-corrected chi connectivity index (χ2v) is 6.79. The van der Waals surface area contributed by atoms with E-state index in [0.717, 1.165) is 25.3 Å². The Morgan fingerprint density at radius 3 is 2.61 bits per heavy atom. The highest BCUT2D eigenvalue weighted by Gasteiger charge is 2.22. The Hall–Kier alpha value is -1.26. The Labute approximate surface area is 145 Å². The Kier molecular flexibility index (Phi) is 7.86. The van der Waals surface area contributed by atoms with Crippen molar-refractivity contribution >= 4 is 18.3 Å². The molecule has 1 heterocycles. The lowest BCUT2D eigenvalue weighted by Gasteiger charge is -2.26. The van der Waals surface area contributed by atoms with E-state index in [1.165, 1.54) is 12.0 Å². The van der Waals surface area contributed by atoms with Crippen molar-refractivity contribution in [3.63, 3.8) is 0 Å². The minimum atomic E-state index is -0.0865. The Morgan fingerprint density at radius 2 is 2.04 bits per heavy atom. The summed E-state index contributed by atoms with van der Waals surface area (Å²) >= 11 is 0. The number of amides is 1. The molecule has 5 heteroatoms. The first-order chi connectivity index (χ1) is 10.5. The second kappa shape index (κ2) is 9.14. The highest BCUT2D eigenvalue weighted by molar-refractivity contribution is 5.85. The number of benzene rings is 1. The third-order valence-corrected chi connectivity index (χ3v) is 4.54. The summed E-state index contributed by atoms with van der Waals surface area (Å²) in [5, 5.41) is 6.42. The normalized spacial score (nSPS) is 17.4. The summed E-state index contributed by atoms with van der Waals surface area (Å²) in [6.07, 6.45) is 2.82. The molecule has 2 N–H and O–H groups in total. The van der Waals surface area contributed by atoms with E-state index in [2.05, 4.69) is 36.6 Å². The summed E-state index contributed by atoms with van der Waals surface area (Å²) in [6.45, 7) is 7.11. The zero-order chi connectivity index (χ0) is 16.0. The lowest BCUT2D eigenvalue weighted by atomic mass is 9.84. The second-order valence-electron chi connectivity index (χ2n) is 6.79. The average Bonchev–Trinajstić information content (AvgIpc) is 3.04. The van der Waals surface area contributed by atoms with Gasteiger partial charge in [-0.3, -0.25) is 4.79 Å². The van der Waals surface area contributed by atoms with E-state index in [1.54, 1.807) is 7.11 Å². The topological polar surface area (TPSA) is 50.4 Å². The van der Waals surface area contributed by atoms with Gasteiger partial charge in [0.15, 0.2) is 0 Å². The summed E-state index contributed by atoms with van der Waals surface area (Å²) in [5.74, 6) is 1.68. The van der Waals surface area contributed by atoms with E-state index < -0.39 is 0 Å². The van der Waals surface area contributed by atoms with Gasteiger partial charge in [0.1, 0.15) is 5.75 Å². The maximum Gasteiger partial charge on any atom is 0.220 e. The van der Waals surface area contributed by atoms with Gasteiger partial charge in [-0.15, -0.1) is 12.4 Å². The molecule has 0 radical (unpaired) electrons. The van der Waals surface area contributed by atoms with Gasteiger partial charge in [-0.1, -0.05) is 26.0 Å². The van der Waals surface area contributed by atoms with Crippen molar-refractivity contribution in [2.45, 2.75) is 38.5 Å². The number of carbonyl (C=O) groups excluding carboxylic acids is 1. The molecule has 1 saturated heterocycles. The van der Waals surface area contributed by atoms with Crippen LogP contribution in [0, 0.1) is 5.92 Å². The van der Waals surface area contributed by atoms with Crippen LogP contribution in [0.5, 0.6) is 5.75 Å². The summed E-state index contributed by atoms with van der Waals surface area (Å²) < 4.78 is 5.19. The summed E-state index contributed by atoms with van der Waals surface area (Å²) in [7, 11) is 1.67. The maximum atomic E-state index is 12.0.